The Bertz CT molecular complexity index is 411. The summed E-state index contributed by atoms with van der Waals surface area (Å²) in [5, 5.41) is 12.6. The lowest BCUT2D eigenvalue weighted by Gasteiger charge is -2.28. The van der Waals surface area contributed by atoms with Crippen LogP contribution < -0.4 is 5.32 Å². The van der Waals surface area contributed by atoms with Crippen LogP contribution in [0.1, 0.15) is 11.7 Å². The van der Waals surface area contributed by atoms with Crippen LogP contribution in [-0.4, -0.2) is 42.1 Å². The number of halogens is 1. The Morgan fingerprint density at radius 1 is 1.47 bits per heavy atom. The van der Waals surface area contributed by atoms with E-state index in [1.165, 1.54) is 6.07 Å². The van der Waals surface area contributed by atoms with E-state index in [1.54, 1.807) is 18.2 Å². The Labute approximate surface area is 99.0 Å². The van der Waals surface area contributed by atoms with Crippen molar-refractivity contribution in [1.29, 1.82) is 0 Å². The normalized spacial score (nSPS) is 18.8. The molecule has 0 aromatic heterocycles. The molecule has 0 radical (unpaired) electrons. The zero-order chi connectivity index (χ0) is 12.3. The number of benzene rings is 1. The molecule has 0 saturated carbocycles. The fourth-order valence-electron chi connectivity index (χ4n) is 1.94. The average molecular weight is 238 g/mol. The highest BCUT2D eigenvalue weighted by molar-refractivity contribution is 5.78. The molecule has 17 heavy (non-hydrogen) atoms. The minimum Gasteiger partial charge on any atom is -0.387 e. The molecular weight excluding hydrogens is 223 g/mol. The Kier molecular flexibility index (Phi) is 3.71. The molecule has 1 saturated heterocycles. The van der Waals surface area contributed by atoms with Crippen LogP contribution in [0, 0.1) is 5.82 Å². The molecule has 1 aromatic rings. The molecule has 4 nitrogen and oxygen atoms in total. The SMILES string of the molecule is O=C1CN(C[C@H](O)c2ccccc2F)CCN1. The van der Waals surface area contributed by atoms with Crippen LogP contribution in [0.5, 0.6) is 0 Å². The smallest absolute Gasteiger partial charge is 0.234 e. The van der Waals surface area contributed by atoms with Crippen molar-refractivity contribution in [2.24, 2.45) is 0 Å². The molecule has 5 heteroatoms. The first kappa shape index (κ1) is 12.0. The van der Waals surface area contributed by atoms with Crippen LogP contribution in [0.25, 0.3) is 0 Å². The number of piperazine rings is 1. The van der Waals surface area contributed by atoms with E-state index >= 15 is 0 Å². The lowest BCUT2D eigenvalue weighted by atomic mass is 10.1. The Morgan fingerprint density at radius 2 is 2.24 bits per heavy atom. The molecule has 1 aliphatic heterocycles. The highest BCUT2D eigenvalue weighted by Gasteiger charge is 2.20. The van der Waals surface area contributed by atoms with E-state index in [-0.39, 0.29) is 24.6 Å². The molecule has 1 heterocycles. The summed E-state index contributed by atoms with van der Waals surface area (Å²) in [7, 11) is 0. The lowest BCUT2D eigenvalue weighted by molar-refractivity contribution is -0.124. The fourth-order valence-corrected chi connectivity index (χ4v) is 1.94. The number of carbonyl (C=O) groups is 1. The zero-order valence-electron chi connectivity index (χ0n) is 9.40. The highest BCUT2D eigenvalue weighted by Crippen LogP contribution is 2.17. The molecular formula is C12H15FN2O2. The minimum atomic E-state index is -0.901. The van der Waals surface area contributed by atoms with Gasteiger partial charge in [-0.15, -0.1) is 0 Å². The van der Waals surface area contributed by atoms with E-state index in [9.17, 15) is 14.3 Å². The Morgan fingerprint density at radius 3 is 2.94 bits per heavy atom. The van der Waals surface area contributed by atoms with Crippen molar-refractivity contribution in [3.63, 3.8) is 0 Å². The third-order valence-electron chi connectivity index (χ3n) is 2.81. The van der Waals surface area contributed by atoms with Gasteiger partial charge in [-0.05, 0) is 6.07 Å². The second kappa shape index (κ2) is 5.25. The van der Waals surface area contributed by atoms with Crippen LogP contribution >= 0.6 is 0 Å². The first-order valence-electron chi connectivity index (χ1n) is 5.58. The van der Waals surface area contributed by atoms with E-state index in [4.69, 9.17) is 0 Å². The van der Waals surface area contributed by atoms with Gasteiger partial charge in [-0.3, -0.25) is 9.69 Å². The van der Waals surface area contributed by atoms with Crippen molar-refractivity contribution < 1.29 is 14.3 Å². The number of hydrogen-bond acceptors (Lipinski definition) is 3. The number of amides is 1. The first-order chi connectivity index (χ1) is 8.16. The van der Waals surface area contributed by atoms with Crippen molar-refractivity contribution in [3.8, 4) is 0 Å². The monoisotopic (exact) mass is 238 g/mol. The Balaban J connectivity index is 1.99. The Hall–Kier alpha value is -1.46. The van der Waals surface area contributed by atoms with Gasteiger partial charge < -0.3 is 10.4 Å². The second-order valence-electron chi connectivity index (χ2n) is 4.12. The largest absolute Gasteiger partial charge is 0.387 e. The van der Waals surface area contributed by atoms with Gasteiger partial charge in [-0.1, -0.05) is 18.2 Å². The van der Waals surface area contributed by atoms with Gasteiger partial charge in [-0.2, -0.15) is 0 Å². The number of nitrogens with zero attached hydrogens (tertiary/aromatic N) is 1. The van der Waals surface area contributed by atoms with Crippen LogP contribution in [0.4, 0.5) is 4.39 Å². The van der Waals surface area contributed by atoms with E-state index in [2.05, 4.69) is 5.32 Å². The molecule has 1 aromatic carbocycles. The third-order valence-corrected chi connectivity index (χ3v) is 2.81. The number of aliphatic hydroxyl groups is 1. The van der Waals surface area contributed by atoms with Crippen LogP contribution in [-0.2, 0) is 4.79 Å². The fraction of sp³-hybridized carbons (Fsp3) is 0.417. The van der Waals surface area contributed by atoms with Gasteiger partial charge in [0, 0.05) is 25.2 Å². The van der Waals surface area contributed by atoms with Gasteiger partial charge in [0.25, 0.3) is 0 Å². The van der Waals surface area contributed by atoms with E-state index in [1.807, 2.05) is 4.90 Å². The van der Waals surface area contributed by atoms with E-state index in [0.29, 0.717) is 13.1 Å². The molecule has 0 aliphatic carbocycles. The maximum Gasteiger partial charge on any atom is 0.234 e. The van der Waals surface area contributed by atoms with Crippen molar-refractivity contribution in [3.05, 3.63) is 35.6 Å². The van der Waals surface area contributed by atoms with Gasteiger partial charge >= 0.3 is 0 Å². The molecule has 0 bridgehead atoms. The van der Waals surface area contributed by atoms with Crippen LogP contribution in [0.2, 0.25) is 0 Å². The summed E-state index contributed by atoms with van der Waals surface area (Å²) in [6.45, 7) is 1.78. The van der Waals surface area contributed by atoms with Crippen LogP contribution in [0.15, 0.2) is 24.3 Å². The molecule has 1 amide bonds. The molecule has 2 rings (SSSR count). The van der Waals surface area contributed by atoms with Gasteiger partial charge in [0.2, 0.25) is 5.91 Å². The number of β-amino-alcohol motifs (C(OH)–C–C–N with tert-alkyl or cyclic N) is 1. The average Bonchev–Trinajstić information content (AvgIpc) is 2.29. The van der Waals surface area contributed by atoms with Crippen molar-refractivity contribution >= 4 is 5.91 Å². The summed E-state index contributed by atoms with van der Waals surface area (Å²) in [5.41, 5.74) is 0.276. The number of aliphatic hydroxyl groups excluding tert-OH is 1. The highest BCUT2D eigenvalue weighted by atomic mass is 19.1. The number of hydrogen-bond donors (Lipinski definition) is 2. The topological polar surface area (TPSA) is 52.6 Å². The zero-order valence-corrected chi connectivity index (χ0v) is 9.40. The molecule has 1 aliphatic rings. The van der Waals surface area contributed by atoms with Crippen molar-refractivity contribution in [2.45, 2.75) is 6.10 Å². The summed E-state index contributed by atoms with van der Waals surface area (Å²) < 4.78 is 13.4. The second-order valence-corrected chi connectivity index (χ2v) is 4.12. The maximum absolute atomic E-state index is 13.4. The summed E-state index contributed by atoms with van der Waals surface area (Å²) in [6.07, 6.45) is -0.901. The molecule has 1 fully saturated rings. The molecule has 1 atom stereocenters. The van der Waals surface area contributed by atoms with E-state index in [0.717, 1.165) is 0 Å². The predicted molar refractivity (Wildman–Crippen MR) is 60.8 cm³/mol. The maximum atomic E-state index is 13.4. The summed E-state index contributed by atoms with van der Waals surface area (Å²) in [4.78, 5) is 13.0. The number of nitrogens with one attached hydrogen (secondary N) is 1. The standard InChI is InChI=1S/C12H15FN2O2/c13-10-4-2-1-3-9(10)11(16)7-15-6-5-14-12(17)8-15/h1-4,11,16H,5-8H2,(H,14,17)/t11-/m0/s1. The number of rotatable bonds is 3. The molecule has 2 N–H and O–H groups in total. The molecule has 92 valence electrons. The lowest BCUT2D eigenvalue weighted by Crippen LogP contribution is -2.48. The van der Waals surface area contributed by atoms with E-state index < -0.39 is 11.9 Å². The van der Waals surface area contributed by atoms with Gasteiger partial charge in [-0.25, -0.2) is 4.39 Å². The number of carbonyl (C=O) groups excluding carboxylic acids is 1. The predicted octanol–water partition coefficient (Wildman–Crippen LogP) is 0.291. The summed E-state index contributed by atoms with van der Waals surface area (Å²) in [6, 6.07) is 6.15. The van der Waals surface area contributed by atoms with Gasteiger partial charge in [0.15, 0.2) is 0 Å². The quantitative estimate of drug-likeness (QED) is 0.796. The first-order valence-corrected chi connectivity index (χ1v) is 5.58. The minimum absolute atomic E-state index is 0.0583. The molecule has 0 unspecified atom stereocenters. The van der Waals surface area contributed by atoms with Crippen LogP contribution in [0.3, 0.4) is 0 Å². The van der Waals surface area contributed by atoms with Gasteiger partial charge in [0.05, 0.1) is 12.6 Å². The summed E-state index contributed by atoms with van der Waals surface area (Å²) in [5.74, 6) is -0.474. The summed E-state index contributed by atoms with van der Waals surface area (Å²) >= 11 is 0. The third kappa shape index (κ3) is 3.01. The molecule has 0 spiro atoms. The van der Waals surface area contributed by atoms with Crippen molar-refractivity contribution in [1.82, 2.24) is 10.2 Å². The van der Waals surface area contributed by atoms with Crippen molar-refractivity contribution in [2.75, 3.05) is 26.2 Å². The van der Waals surface area contributed by atoms with Gasteiger partial charge in [0.1, 0.15) is 5.82 Å².